The summed E-state index contributed by atoms with van der Waals surface area (Å²) in [5.41, 5.74) is 7.17. The molecule has 1 aromatic carbocycles. The van der Waals surface area contributed by atoms with Gasteiger partial charge in [-0.05, 0) is 37.5 Å². The summed E-state index contributed by atoms with van der Waals surface area (Å²) in [7, 11) is 0. The molecule has 0 radical (unpaired) electrons. The van der Waals surface area contributed by atoms with Gasteiger partial charge in [0, 0.05) is 6.04 Å². The van der Waals surface area contributed by atoms with E-state index in [2.05, 4.69) is 6.58 Å². The number of rotatable bonds is 6. The first-order chi connectivity index (χ1) is 7.27. The molecule has 0 saturated carbocycles. The second-order valence-corrected chi connectivity index (χ2v) is 3.48. The van der Waals surface area contributed by atoms with Crippen LogP contribution in [0, 0.1) is 0 Å². The predicted octanol–water partition coefficient (Wildman–Crippen LogP) is 3.05. The van der Waals surface area contributed by atoms with Crippen LogP contribution in [-0.4, -0.2) is 6.61 Å². The first kappa shape index (κ1) is 11.8. The Morgan fingerprint density at radius 2 is 2.33 bits per heavy atom. The summed E-state index contributed by atoms with van der Waals surface area (Å²) in [5.74, 6) is 0.893. The molecule has 0 aromatic heterocycles. The normalized spacial score (nSPS) is 12.1. The second kappa shape index (κ2) is 6.25. The summed E-state index contributed by atoms with van der Waals surface area (Å²) in [6, 6.07) is 8.05. The van der Waals surface area contributed by atoms with Crippen LogP contribution < -0.4 is 10.5 Å². The van der Waals surface area contributed by atoms with Crippen molar-refractivity contribution in [3.8, 4) is 5.75 Å². The maximum atomic E-state index is 6.04. The van der Waals surface area contributed by atoms with Crippen LogP contribution >= 0.6 is 0 Å². The second-order valence-electron chi connectivity index (χ2n) is 3.48. The first-order valence-corrected chi connectivity index (χ1v) is 5.37. The molecule has 0 saturated heterocycles. The Morgan fingerprint density at radius 1 is 1.53 bits per heavy atom. The van der Waals surface area contributed by atoms with Crippen molar-refractivity contribution in [3.05, 3.63) is 42.5 Å². The van der Waals surface area contributed by atoms with Gasteiger partial charge in [0.1, 0.15) is 5.75 Å². The fourth-order valence-electron chi connectivity index (χ4n) is 1.47. The maximum Gasteiger partial charge on any atom is 0.119 e. The van der Waals surface area contributed by atoms with E-state index in [4.69, 9.17) is 10.5 Å². The summed E-state index contributed by atoms with van der Waals surface area (Å²) in [6.45, 7) is 6.36. The fraction of sp³-hybridized carbons (Fsp3) is 0.385. The van der Waals surface area contributed by atoms with E-state index in [1.165, 1.54) is 0 Å². The van der Waals surface area contributed by atoms with Gasteiger partial charge >= 0.3 is 0 Å². The maximum absolute atomic E-state index is 6.04. The van der Waals surface area contributed by atoms with Crippen LogP contribution in [0.2, 0.25) is 0 Å². The van der Waals surface area contributed by atoms with Crippen molar-refractivity contribution in [1.82, 2.24) is 0 Å². The van der Waals surface area contributed by atoms with Gasteiger partial charge in [0.05, 0.1) is 6.61 Å². The van der Waals surface area contributed by atoms with E-state index in [0.29, 0.717) is 6.61 Å². The average Bonchev–Trinajstić information content (AvgIpc) is 2.27. The van der Waals surface area contributed by atoms with Gasteiger partial charge in [0.15, 0.2) is 0 Å². The summed E-state index contributed by atoms with van der Waals surface area (Å²) in [4.78, 5) is 0. The monoisotopic (exact) mass is 205 g/mol. The quantitative estimate of drug-likeness (QED) is 0.724. The Balaban J connectivity index is 2.66. The van der Waals surface area contributed by atoms with Crippen molar-refractivity contribution in [2.75, 3.05) is 6.61 Å². The molecule has 0 bridgehead atoms. The third kappa shape index (κ3) is 3.76. The van der Waals surface area contributed by atoms with Gasteiger partial charge in [-0.2, -0.15) is 0 Å². The number of allylic oxidation sites excluding steroid dienone is 1. The SMILES string of the molecule is C=CCC[C@@H](N)c1cccc(OCC)c1. The highest BCUT2D eigenvalue weighted by molar-refractivity contribution is 5.30. The lowest BCUT2D eigenvalue weighted by Crippen LogP contribution is -2.09. The average molecular weight is 205 g/mol. The number of benzene rings is 1. The van der Waals surface area contributed by atoms with Crippen molar-refractivity contribution in [2.45, 2.75) is 25.8 Å². The fourth-order valence-corrected chi connectivity index (χ4v) is 1.47. The molecule has 0 fully saturated rings. The zero-order valence-electron chi connectivity index (χ0n) is 9.28. The van der Waals surface area contributed by atoms with Crippen LogP contribution in [0.5, 0.6) is 5.75 Å². The van der Waals surface area contributed by atoms with Gasteiger partial charge < -0.3 is 10.5 Å². The highest BCUT2D eigenvalue weighted by Crippen LogP contribution is 2.20. The molecule has 0 aliphatic heterocycles. The summed E-state index contributed by atoms with van der Waals surface area (Å²) in [6.07, 6.45) is 3.77. The van der Waals surface area contributed by atoms with E-state index in [-0.39, 0.29) is 6.04 Å². The van der Waals surface area contributed by atoms with Crippen molar-refractivity contribution in [2.24, 2.45) is 5.73 Å². The molecule has 1 rings (SSSR count). The zero-order chi connectivity index (χ0) is 11.1. The van der Waals surface area contributed by atoms with Crippen LogP contribution in [0.15, 0.2) is 36.9 Å². The van der Waals surface area contributed by atoms with Crippen molar-refractivity contribution >= 4 is 0 Å². The molecule has 2 heteroatoms. The van der Waals surface area contributed by atoms with E-state index in [9.17, 15) is 0 Å². The van der Waals surface area contributed by atoms with Gasteiger partial charge in [-0.3, -0.25) is 0 Å². The Labute approximate surface area is 91.7 Å². The predicted molar refractivity (Wildman–Crippen MR) is 64.0 cm³/mol. The van der Waals surface area contributed by atoms with E-state index in [0.717, 1.165) is 24.2 Å². The highest BCUT2D eigenvalue weighted by Gasteiger charge is 2.05. The highest BCUT2D eigenvalue weighted by atomic mass is 16.5. The lowest BCUT2D eigenvalue weighted by Gasteiger charge is -2.12. The molecule has 1 aromatic rings. The Kier molecular flexibility index (Phi) is 4.91. The van der Waals surface area contributed by atoms with Gasteiger partial charge in [-0.15, -0.1) is 6.58 Å². The summed E-state index contributed by atoms with van der Waals surface area (Å²) >= 11 is 0. The largest absolute Gasteiger partial charge is 0.494 e. The number of nitrogens with two attached hydrogens (primary N) is 1. The van der Waals surface area contributed by atoms with E-state index >= 15 is 0 Å². The molecule has 0 heterocycles. The van der Waals surface area contributed by atoms with Crippen LogP contribution in [-0.2, 0) is 0 Å². The van der Waals surface area contributed by atoms with E-state index in [1.807, 2.05) is 37.3 Å². The third-order valence-corrected chi connectivity index (χ3v) is 2.28. The van der Waals surface area contributed by atoms with E-state index < -0.39 is 0 Å². The van der Waals surface area contributed by atoms with Crippen LogP contribution in [0.25, 0.3) is 0 Å². The molecular formula is C13H19NO. The molecule has 2 N–H and O–H groups in total. The van der Waals surface area contributed by atoms with Gasteiger partial charge in [0.25, 0.3) is 0 Å². The van der Waals surface area contributed by atoms with Crippen LogP contribution in [0.1, 0.15) is 31.4 Å². The molecule has 0 spiro atoms. The van der Waals surface area contributed by atoms with Crippen LogP contribution in [0.3, 0.4) is 0 Å². The minimum Gasteiger partial charge on any atom is -0.494 e. The summed E-state index contributed by atoms with van der Waals surface area (Å²) < 4.78 is 5.43. The molecule has 15 heavy (non-hydrogen) atoms. The zero-order valence-corrected chi connectivity index (χ0v) is 9.28. The van der Waals surface area contributed by atoms with E-state index in [1.54, 1.807) is 0 Å². The molecule has 0 amide bonds. The topological polar surface area (TPSA) is 35.2 Å². The van der Waals surface area contributed by atoms with Gasteiger partial charge in [0.2, 0.25) is 0 Å². The van der Waals surface area contributed by atoms with Crippen molar-refractivity contribution in [1.29, 1.82) is 0 Å². The van der Waals surface area contributed by atoms with Gasteiger partial charge in [-0.1, -0.05) is 18.2 Å². The van der Waals surface area contributed by atoms with Gasteiger partial charge in [-0.25, -0.2) is 0 Å². The standard InChI is InChI=1S/C13H19NO/c1-3-5-9-13(14)11-7-6-8-12(10-11)15-4-2/h3,6-8,10,13H,1,4-5,9,14H2,2H3/t13-/m1/s1. The van der Waals surface area contributed by atoms with Crippen molar-refractivity contribution < 1.29 is 4.74 Å². The molecule has 0 unspecified atom stereocenters. The molecule has 0 aliphatic carbocycles. The lowest BCUT2D eigenvalue weighted by molar-refractivity contribution is 0.339. The molecule has 1 atom stereocenters. The Morgan fingerprint density at radius 3 is 3.00 bits per heavy atom. The molecule has 2 nitrogen and oxygen atoms in total. The minimum absolute atomic E-state index is 0.0726. The molecule has 82 valence electrons. The number of ether oxygens (including phenoxy) is 1. The minimum atomic E-state index is 0.0726. The number of hydrogen-bond donors (Lipinski definition) is 1. The number of hydrogen-bond acceptors (Lipinski definition) is 2. The van der Waals surface area contributed by atoms with Crippen molar-refractivity contribution in [3.63, 3.8) is 0 Å². The van der Waals surface area contributed by atoms with Crippen LogP contribution in [0.4, 0.5) is 0 Å². The third-order valence-electron chi connectivity index (χ3n) is 2.28. The lowest BCUT2D eigenvalue weighted by atomic mass is 10.0. The Bertz CT molecular complexity index is 309. The first-order valence-electron chi connectivity index (χ1n) is 5.37. The summed E-state index contributed by atoms with van der Waals surface area (Å²) in [5, 5.41) is 0. The smallest absolute Gasteiger partial charge is 0.119 e. The molecular weight excluding hydrogens is 186 g/mol. The Hall–Kier alpha value is -1.28. The molecule has 0 aliphatic rings.